The standard InChI is InChI=1S/C11H15N5O3S2/c1-21(17,18)16-3-4-19-9(7-16)6-15-8-10(13-14-15)11-12-2-5-20-11/h2,5,8-9H,3-4,6-7H2,1H3. The van der Waals surface area contributed by atoms with Gasteiger partial charge in [-0.25, -0.2) is 18.1 Å². The second kappa shape index (κ2) is 5.79. The molecule has 3 heterocycles. The van der Waals surface area contributed by atoms with Crippen LogP contribution >= 0.6 is 11.3 Å². The van der Waals surface area contributed by atoms with Crippen molar-refractivity contribution >= 4 is 21.4 Å². The Hall–Kier alpha value is -1.36. The van der Waals surface area contributed by atoms with Crippen LogP contribution in [0.5, 0.6) is 0 Å². The number of ether oxygens (including phenoxy) is 1. The van der Waals surface area contributed by atoms with Crippen LogP contribution in [0.2, 0.25) is 0 Å². The van der Waals surface area contributed by atoms with Crippen molar-refractivity contribution in [1.29, 1.82) is 0 Å². The summed E-state index contributed by atoms with van der Waals surface area (Å²) in [5.74, 6) is 0. The van der Waals surface area contributed by atoms with Gasteiger partial charge in [0.2, 0.25) is 10.0 Å². The zero-order chi connectivity index (χ0) is 14.9. The minimum atomic E-state index is -3.18. The Bertz CT molecular complexity index is 697. The van der Waals surface area contributed by atoms with Gasteiger partial charge in [0.05, 0.1) is 31.7 Å². The van der Waals surface area contributed by atoms with Gasteiger partial charge in [0, 0.05) is 24.7 Å². The summed E-state index contributed by atoms with van der Waals surface area (Å²) in [6.07, 6.45) is 4.50. The van der Waals surface area contributed by atoms with Crippen LogP contribution in [0.3, 0.4) is 0 Å². The third-order valence-electron chi connectivity index (χ3n) is 3.15. The molecule has 10 heteroatoms. The van der Waals surface area contributed by atoms with Crippen LogP contribution in [0, 0.1) is 0 Å². The molecule has 0 aromatic carbocycles. The van der Waals surface area contributed by atoms with Gasteiger partial charge in [-0.05, 0) is 0 Å². The predicted molar refractivity (Wildman–Crippen MR) is 77.3 cm³/mol. The third kappa shape index (κ3) is 3.46. The van der Waals surface area contributed by atoms with Crippen molar-refractivity contribution in [1.82, 2.24) is 24.3 Å². The maximum absolute atomic E-state index is 11.6. The fourth-order valence-electron chi connectivity index (χ4n) is 2.15. The molecule has 0 N–H and O–H groups in total. The smallest absolute Gasteiger partial charge is 0.211 e. The number of sulfonamides is 1. The Morgan fingerprint density at radius 3 is 3.10 bits per heavy atom. The molecule has 0 bridgehead atoms. The average molecular weight is 329 g/mol. The summed E-state index contributed by atoms with van der Waals surface area (Å²) in [5, 5.41) is 10.8. The topological polar surface area (TPSA) is 90.2 Å². The van der Waals surface area contributed by atoms with Crippen molar-refractivity contribution in [2.75, 3.05) is 26.0 Å². The molecule has 1 fully saturated rings. The van der Waals surface area contributed by atoms with Crippen molar-refractivity contribution in [2.24, 2.45) is 0 Å². The molecule has 1 unspecified atom stereocenters. The van der Waals surface area contributed by atoms with Crippen molar-refractivity contribution in [2.45, 2.75) is 12.6 Å². The highest BCUT2D eigenvalue weighted by Gasteiger charge is 2.27. The quantitative estimate of drug-likeness (QED) is 0.788. The monoisotopic (exact) mass is 329 g/mol. The normalized spacial score (nSPS) is 20.7. The van der Waals surface area contributed by atoms with Gasteiger partial charge in [-0.3, -0.25) is 0 Å². The molecule has 0 aliphatic carbocycles. The van der Waals surface area contributed by atoms with Gasteiger partial charge >= 0.3 is 0 Å². The van der Waals surface area contributed by atoms with E-state index >= 15 is 0 Å². The Balaban J connectivity index is 1.67. The molecule has 3 rings (SSSR count). The molecule has 0 radical (unpaired) electrons. The molecule has 1 aliphatic heterocycles. The summed E-state index contributed by atoms with van der Waals surface area (Å²) in [6.45, 7) is 1.60. The van der Waals surface area contributed by atoms with Gasteiger partial charge < -0.3 is 4.74 Å². The fourth-order valence-corrected chi connectivity index (χ4v) is 3.58. The zero-order valence-corrected chi connectivity index (χ0v) is 13.0. The largest absolute Gasteiger partial charge is 0.374 e. The highest BCUT2D eigenvalue weighted by atomic mass is 32.2. The van der Waals surface area contributed by atoms with E-state index in [-0.39, 0.29) is 6.10 Å². The van der Waals surface area contributed by atoms with E-state index in [1.807, 2.05) is 5.38 Å². The van der Waals surface area contributed by atoms with Crippen molar-refractivity contribution in [3.05, 3.63) is 17.8 Å². The Morgan fingerprint density at radius 1 is 1.52 bits per heavy atom. The van der Waals surface area contributed by atoms with Crippen LogP contribution in [-0.4, -0.2) is 64.8 Å². The Labute approximate surface area is 126 Å². The van der Waals surface area contributed by atoms with Crippen LogP contribution in [0.4, 0.5) is 0 Å². The van der Waals surface area contributed by atoms with E-state index in [1.54, 1.807) is 17.1 Å². The van der Waals surface area contributed by atoms with E-state index in [4.69, 9.17) is 4.74 Å². The van der Waals surface area contributed by atoms with Crippen molar-refractivity contribution in [3.63, 3.8) is 0 Å². The van der Waals surface area contributed by atoms with Gasteiger partial charge in [0.25, 0.3) is 0 Å². The third-order valence-corrected chi connectivity index (χ3v) is 5.22. The lowest BCUT2D eigenvalue weighted by molar-refractivity contribution is -0.0120. The molecule has 0 spiro atoms. The number of rotatable bonds is 4. The lowest BCUT2D eigenvalue weighted by atomic mass is 10.3. The molecular formula is C11H15N5O3S2. The van der Waals surface area contributed by atoms with Gasteiger partial charge in [-0.15, -0.1) is 16.4 Å². The van der Waals surface area contributed by atoms with Crippen LogP contribution < -0.4 is 0 Å². The minimum absolute atomic E-state index is 0.223. The van der Waals surface area contributed by atoms with Gasteiger partial charge in [0.1, 0.15) is 10.7 Å². The van der Waals surface area contributed by atoms with E-state index in [0.717, 1.165) is 5.01 Å². The Morgan fingerprint density at radius 2 is 2.38 bits per heavy atom. The molecule has 114 valence electrons. The summed E-state index contributed by atoms with van der Waals surface area (Å²) in [5.41, 5.74) is 0.709. The maximum atomic E-state index is 11.6. The van der Waals surface area contributed by atoms with Crippen LogP contribution in [0.15, 0.2) is 17.8 Å². The lowest BCUT2D eigenvalue weighted by Gasteiger charge is -2.30. The number of nitrogens with zero attached hydrogens (tertiary/aromatic N) is 5. The second-order valence-corrected chi connectivity index (χ2v) is 7.65. The lowest BCUT2D eigenvalue weighted by Crippen LogP contribution is -2.46. The minimum Gasteiger partial charge on any atom is -0.374 e. The number of hydrogen-bond donors (Lipinski definition) is 0. The number of thiazole rings is 1. The van der Waals surface area contributed by atoms with Gasteiger partial charge in [-0.1, -0.05) is 5.21 Å². The molecule has 21 heavy (non-hydrogen) atoms. The summed E-state index contributed by atoms with van der Waals surface area (Å²) < 4.78 is 31.8. The number of aromatic nitrogens is 4. The van der Waals surface area contributed by atoms with Gasteiger partial charge in [0.15, 0.2) is 0 Å². The highest BCUT2D eigenvalue weighted by Crippen LogP contribution is 2.18. The van der Waals surface area contributed by atoms with Crippen LogP contribution in [0.25, 0.3) is 10.7 Å². The van der Waals surface area contributed by atoms with E-state index in [1.165, 1.54) is 21.9 Å². The number of hydrogen-bond acceptors (Lipinski definition) is 7. The molecule has 0 saturated carbocycles. The van der Waals surface area contributed by atoms with E-state index in [0.29, 0.717) is 31.9 Å². The molecule has 1 atom stereocenters. The summed E-state index contributed by atoms with van der Waals surface area (Å²) in [6, 6.07) is 0. The van der Waals surface area contributed by atoms with Crippen molar-refractivity contribution < 1.29 is 13.2 Å². The maximum Gasteiger partial charge on any atom is 0.211 e. The molecule has 1 saturated heterocycles. The predicted octanol–water partition coefficient (Wildman–Crippen LogP) is 0.0620. The first-order chi connectivity index (χ1) is 10.0. The molecule has 2 aromatic rings. The summed E-state index contributed by atoms with van der Waals surface area (Å²) in [7, 11) is -3.18. The molecular weight excluding hydrogens is 314 g/mol. The fraction of sp³-hybridized carbons (Fsp3) is 0.545. The second-order valence-electron chi connectivity index (χ2n) is 4.78. The van der Waals surface area contributed by atoms with E-state index in [2.05, 4.69) is 15.3 Å². The Kier molecular flexibility index (Phi) is 4.02. The van der Waals surface area contributed by atoms with Gasteiger partial charge in [-0.2, -0.15) is 4.31 Å². The summed E-state index contributed by atoms with van der Waals surface area (Å²) >= 11 is 1.49. The zero-order valence-electron chi connectivity index (χ0n) is 11.4. The molecule has 8 nitrogen and oxygen atoms in total. The highest BCUT2D eigenvalue weighted by molar-refractivity contribution is 7.88. The number of morpholine rings is 1. The molecule has 2 aromatic heterocycles. The SMILES string of the molecule is CS(=O)(=O)N1CCOC(Cn2cc(-c3nccs3)nn2)C1. The van der Waals surface area contributed by atoms with E-state index in [9.17, 15) is 8.42 Å². The first kappa shape index (κ1) is 14.6. The molecule has 1 aliphatic rings. The average Bonchev–Trinajstić information content (AvgIpc) is 3.08. The first-order valence-corrected chi connectivity index (χ1v) is 9.12. The first-order valence-electron chi connectivity index (χ1n) is 6.39. The molecule has 0 amide bonds. The van der Waals surface area contributed by atoms with Crippen LogP contribution in [0.1, 0.15) is 0 Å². The van der Waals surface area contributed by atoms with Crippen LogP contribution in [-0.2, 0) is 21.3 Å². The van der Waals surface area contributed by atoms with Crippen molar-refractivity contribution in [3.8, 4) is 10.7 Å². The van der Waals surface area contributed by atoms with E-state index < -0.39 is 10.0 Å². The summed E-state index contributed by atoms with van der Waals surface area (Å²) in [4.78, 5) is 4.17.